The average molecular weight is 382 g/mol. The molecule has 0 aromatic heterocycles. The molecule has 1 aliphatic rings. The van der Waals surface area contributed by atoms with Crippen molar-refractivity contribution in [3.05, 3.63) is 28.8 Å². The molecule has 26 heavy (non-hydrogen) atoms. The van der Waals surface area contributed by atoms with Gasteiger partial charge in [-0.2, -0.15) is 0 Å². The maximum Gasteiger partial charge on any atom is 0.275 e. The number of nitrogens with zero attached hydrogens (tertiary/aromatic N) is 1. The summed E-state index contributed by atoms with van der Waals surface area (Å²) in [5.74, 6) is -0.206. The van der Waals surface area contributed by atoms with E-state index in [1.165, 1.54) is 16.2 Å². The van der Waals surface area contributed by atoms with Crippen molar-refractivity contribution >= 4 is 29.1 Å². The highest BCUT2D eigenvalue weighted by Gasteiger charge is 2.24. The van der Waals surface area contributed by atoms with Crippen LogP contribution in [0.2, 0.25) is 5.02 Å². The summed E-state index contributed by atoms with van der Waals surface area (Å²) in [5, 5.41) is 6.33. The lowest BCUT2D eigenvalue weighted by Gasteiger charge is -2.34. The molecule has 1 aromatic rings. The van der Waals surface area contributed by atoms with E-state index in [9.17, 15) is 9.59 Å². The maximum atomic E-state index is 12.2. The number of carbonyl (C=O) groups excluding carboxylic acids is 2. The largest absolute Gasteiger partial charge is 0.360 e. The topological polar surface area (TPSA) is 65.9 Å². The number of hydrogen-bond acceptors (Lipinski definition) is 3. The van der Waals surface area contributed by atoms with Crippen molar-refractivity contribution in [1.82, 2.24) is 10.6 Å². The molecule has 6 nitrogen and oxygen atoms in total. The Kier molecular flexibility index (Phi) is 7.72. The molecular weight excluding hydrogens is 352 g/mol. The van der Waals surface area contributed by atoms with E-state index < -0.39 is 6.04 Å². The van der Waals surface area contributed by atoms with Crippen LogP contribution in [0.1, 0.15) is 25.8 Å². The first-order valence-electron chi connectivity index (χ1n) is 9.32. The molecule has 0 unspecified atom stereocenters. The predicted molar refractivity (Wildman–Crippen MR) is 105 cm³/mol. The zero-order chi connectivity index (χ0) is 19.1. The molecule has 7 heteroatoms. The quantitative estimate of drug-likeness (QED) is 0.640. The smallest absolute Gasteiger partial charge is 0.275 e. The highest BCUT2D eigenvalue weighted by molar-refractivity contribution is 6.30. The fourth-order valence-electron chi connectivity index (χ4n) is 3.15. The van der Waals surface area contributed by atoms with Gasteiger partial charge in [-0.15, -0.1) is 0 Å². The van der Waals surface area contributed by atoms with Gasteiger partial charge >= 0.3 is 0 Å². The number of anilines is 1. The van der Waals surface area contributed by atoms with Crippen LogP contribution in [0.25, 0.3) is 0 Å². The Hall–Kier alpha value is -1.79. The van der Waals surface area contributed by atoms with E-state index in [4.69, 9.17) is 11.6 Å². The van der Waals surface area contributed by atoms with Crippen LogP contribution >= 0.6 is 11.6 Å². The highest BCUT2D eigenvalue weighted by Crippen LogP contribution is 2.24. The Morgan fingerprint density at radius 3 is 2.65 bits per heavy atom. The number of amides is 2. The van der Waals surface area contributed by atoms with Crippen molar-refractivity contribution in [2.24, 2.45) is 0 Å². The van der Waals surface area contributed by atoms with Crippen LogP contribution in [0.3, 0.4) is 0 Å². The Labute approximate surface area is 160 Å². The molecule has 1 fully saturated rings. The van der Waals surface area contributed by atoms with Crippen LogP contribution in [0.15, 0.2) is 18.2 Å². The van der Waals surface area contributed by atoms with E-state index in [1.807, 2.05) is 25.1 Å². The molecule has 0 spiro atoms. The minimum Gasteiger partial charge on any atom is -0.360 e. The first-order chi connectivity index (χ1) is 12.4. The van der Waals surface area contributed by atoms with Crippen LogP contribution in [-0.4, -0.2) is 57.1 Å². The van der Waals surface area contributed by atoms with Gasteiger partial charge in [-0.25, -0.2) is 0 Å². The number of piperazine rings is 1. The van der Waals surface area contributed by atoms with Crippen LogP contribution in [0.4, 0.5) is 5.69 Å². The number of benzene rings is 1. The second-order valence-electron chi connectivity index (χ2n) is 6.92. The summed E-state index contributed by atoms with van der Waals surface area (Å²) in [5.41, 5.74) is 2.38. The van der Waals surface area contributed by atoms with Crippen molar-refractivity contribution in [2.75, 3.05) is 44.2 Å². The Morgan fingerprint density at radius 1 is 1.31 bits per heavy atom. The molecule has 1 saturated heterocycles. The van der Waals surface area contributed by atoms with Crippen molar-refractivity contribution in [3.8, 4) is 0 Å². The average Bonchev–Trinajstić information content (AvgIpc) is 2.62. The van der Waals surface area contributed by atoms with Gasteiger partial charge in [-0.3, -0.25) is 9.59 Å². The van der Waals surface area contributed by atoms with Crippen LogP contribution in [0.5, 0.6) is 0 Å². The minimum absolute atomic E-state index is 0.0773. The number of hydrogen-bond donors (Lipinski definition) is 3. The Bertz CT molecular complexity index is 630. The van der Waals surface area contributed by atoms with Gasteiger partial charge in [0, 0.05) is 17.3 Å². The predicted octanol–water partition coefficient (Wildman–Crippen LogP) is 0.384. The fourth-order valence-corrected chi connectivity index (χ4v) is 3.32. The lowest BCUT2D eigenvalue weighted by atomic mass is 10.1. The lowest BCUT2D eigenvalue weighted by molar-refractivity contribution is -0.892. The normalized spacial score (nSPS) is 16.2. The molecule has 144 valence electrons. The van der Waals surface area contributed by atoms with Gasteiger partial charge in [0.05, 0.1) is 26.2 Å². The summed E-state index contributed by atoms with van der Waals surface area (Å²) in [4.78, 5) is 27.6. The van der Waals surface area contributed by atoms with Gasteiger partial charge in [0.1, 0.15) is 6.04 Å². The number of quaternary nitrogens is 1. The second-order valence-corrected chi connectivity index (χ2v) is 7.36. The Morgan fingerprint density at radius 2 is 2.00 bits per heavy atom. The van der Waals surface area contributed by atoms with E-state index in [1.54, 1.807) is 6.92 Å². The summed E-state index contributed by atoms with van der Waals surface area (Å²) in [6, 6.07) is 5.45. The SMILES string of the molecule is CCCNC(=O)[C@H](C)NC(=O)C[NH+]1CCN(c2cc(Cl)ccc2C)CC1. The van der Waals surface area contributed by atoms with Gasteiger partial charge in [0.15, 0.2) is 6.54 Å². The van der Waals surface area contributed by atoms with E-state index in [0.29, 0.717) is 13.1 Å². The van der Waals surface area contributed by atoms with E-state index in [-0.39, 0.29) is 11.8 Å². The molecule has 2 amide bonds. The van der Waals surface area contributed by atoms with Crippen molar-refractivity contribution in [1.29, 1.82) is 0 Å². The number of nitrogens with one attached hydrogen (secondary N) is 3. The van der Waals surface area contributed by atoms with Gasteiger partial charge in [-0.1, -0.05) is 24.6 Å². The fraction of sp³-hybridized carbons (Fsp3) is 0.579. The third kappa shape index (κ3) is 5.88. The van der Waals surface area contributed by atoms with Crippen molar-refractivity contribution < 1.29 is 14.5 Å². The number of carbonyl (C=O) groups is 2. The van der Waals surface area contributed by atoms with Gasteiger partial charge in [-0.05, 0) is 38.0 Å². The third-order valence-electron chi connectivity index (χ3n) is 4.71. The zero-order valence-electron chi connectivity index (χ0n) is 15.9. The number of rotatable bonds is 7. The number of aryl methyl sites for hydroxylation is 1. The molecular formula is C19H30ClN4O2+. The molecule has 1 heterocycles. The molecule has 0 bridgehead atoms. The van der Waals surface area contributed by atoms with E-state index in [2.05, 4.69) is 22.5 Å². The Balaban J connectivity index is 1.78. The lowest BCUT2D eigenvalue weighted by Crippen LogP contribution is -3.16. The maximum absolute atomic E-state index is 12.2. The molecule has 2 rings (SSSR count). The first-order valence-corrected chi connectivity index (χ1v) is 9.70. The monoisotopic (exact) mass is 381 g/mol. The molecule has 1 aromatic carbocycles. The molecule has 1 aliphatic heterocycles. The standard InChI is InChI=1S/C19H29ClN4O2/c1-4-7-21-19(26)15(3)22-18(25)13-23-8-10-24(11-9-23)17-12-16(20)6-5-14(17)2/h5-6,12,15H,4,7-11,13H2,1-3H3,(H,21,26)(H,22,25)/p+1/t15-/m0/s1. The summed E-state index contributed by atoms with van der Waals surface area (Å²) in [6.07, 6.45) is 0.882. The summed E-state index contributed by atoms with van der Waals surface area (Å²) in [6.45, 7) is 10.4. The highest BCUT2D eigenvalue weighted by atomic mass is 35.5. The molecule has 0 radical (unpaired) electrons. The van der Waals surface area contributed by atoms with Crippen LogP contribution in [-0.2, 0) is 9.59 Å². The van der Waals surface area contributed by atoms with Crippen LogP contribution < -0.4 is 20.4 Å². The molecule has 0 saturated carbocycles. The van der Waals surface area contributed by atoms with Crippen LogP contribution in [0, 0.1) is 6.92 Å². The van der Waals surface area contributed by atoms with Gasteiger partial charge in [0.25, 0.3) is 5.91 Å². The summed E-state index contributed by atoms with van der Waals surface area (Å²) < 4.78 is 0. The summed E-state index contributed by atoms with van der Waals surface area (Å²) in [7, 11) is 0. The molecule has 1 atom stereocenters. The number of halogens is 1. The van der Waals surface area contributed by atoms with E-state index in [0.717, 1.165) is 37.6 Å². The van der Waals surface area contributed by atoms with Crippen molar-refractivity contribution in [2.45, 2.75) is 33.2 Å². The molecule has 3 N–H and O–H groups in total. The summed E-state index contributed by atoms with van der Waals surface area (Å²) >= 11 is 6.12. The van der Waals surface area contributed by atoms with E-state index >= 15 is 0 Å². The third-order valence-corrected chi connectivity index (χ3v) is 4.95. The minimum atomic E-state index is -0.496. The molecule has 0 aliphatic carbocycles. The first kappa shape index (κ1) is 20.5. The second kappa shape index (κ2) is 9.78. The van der Waals surface area contributed by atoms with Crippen molar-refractivity contribution in [3.63, 3.8) is 0 Å². The van der Waals surface area contributed by atoms with Gasteiger partial charge < -0.3 is 20.4 Å². The zero-order valence-corrected chi connectivity index (χ0v) is 16.7. The van der Waals surface area contributed by atoms with Gasteiger partial charge in [0.2, 0.25) is 5.91 Å².